The number of nitrogens with one attached hydrogen (secondary N) is 2. The number of methoxy groups -OCH3 is 1. The van der Waals surface area contributed by atoms with Gasteiger partial charge in [0.15, 0.2) is 5.96 Å². The highest BCUT2D eigenvalue weighted by atomic mass is 16.5. The molecule has 0 aliphatic heterocycles. The van der Waals surface area contributed by atoms with E-state index >= 15 is 0 Å². The Morgan fingerprint density at radius 1 is 1.39 bits per heavy atom. The van der Waals surface area contributed by atoms with E-state index < -0.39 is 0 Å². The van der Waals surface area contributed by atoms with Crippen molar-refractivity contribution in [2.24, 2.45) is 10.4 Å². The van der Waals surface area contributed by atoms with Crippen molar-refractivity contribution in [2.75, 3.05) is 13.7 Å². The van der Waals surface area contributed by atoms with Crippen LogP contribution >= 0.6 is 0 Å². The van der Waals surface area contributed by atoms with Gasteiger partial charge in [-0.05, 0) is 34.1 Å². The van der Waals surface area contributed by atoms with Crippen LogP contribution in [0.4, 0.5) is 0 Å². The Labute approximate surface area is 139 Å². The topological polar surface area (TPSA) is 71.7 Å². The van der Waals surface area contributed by atoms with Crippen molar-refractivity contribution in [3.63, 3.8) is 0 Å². The number of rotatable bonds is 5. The Kier molecular flexibility index (Phi) is 5.04. The SMILES string of the molecule is CCNC(=NCc1nc(C)c(C)o1)NC1CC(C)(OC)C1(C)C. The van der Waals surface area contributed by atoms with Crippen LogP contribution in [0.1, 0.15) is 51.5 Å². The molecule has 2 atom stereocenters. The summed E-state index contributed by atoms with van der Waals surface area (Å²) in [5, 5.41) is 6.80. The largest absolute Gasteiger partial charge is 0.444 e. The molecule has 1 aromatic heterocycles. The molecule has 0 spiro atoms. The highest BCUT2D eigenvalue weighted by Crippen LogP contribution is 2.51. The number of ether oxygens (including phenoxy) is 1. The molecule has 0 aromatic carbocycles. The molecule has 1 aromatic rings. The van der Waals surface area contributed by atoms with Gasteiger partial charge >= 0.3 is 0 Å². The van der Waals surface area contributed by atoms with Crippen molar-refractivity contribution in [1.82, 2.24) is 15.6 Å². The minimum absolute atomic E-state index is 0.0358. The van der Waals surface area contributed by atoms with Crippen LogP contribution in [0.5, 0.6) is 0 Å². The van der Waals surface area contributed by atoms with Gasteiger partial charge in [-0.15, -0.1) is 0 Å². The first-order chi connectivity index (χ1) is 10.7. The number of aliphatic imine (C=N–C) groups is 1. The molecule has 2 N–H and O–H groups in total. The molecule has 23 heavy (non-hydrogen) atoms. The van der Waals surface area contributed by atoms with Crippen LogP contribution < -0.4 is 10.6 Å². The summed E-state index contributed by atoms with van der Waals surface area (Å²) in [6.45, 7) is 13.8. The summed E-state index contributed by atoms with van der Waals surface area (Å²) < 4.78 is 11.3. The molecule has 1 saturated carbocycles. The Bertz CT molecular complexity index is 560. The lowest BCUT2D eigenvalue weighted by atomic mass is 9.56. The number of oxazole rings is 1. The minimum Gasteiger partial charge on any atom is -0.444 e. The summed E-state index contributed by atoms with van der Waals surface area (Å²) in [6.07, 6.45) is 0.956. The number of guanidine groups is 1. The molecule has 1 aliphatic carbocycles. The van der Waals surface area contributed by atoms with Crippen LogP contribution in [-0.2, 0) is 11.3 Å². The molecule has 1 fully saturated rings. The van der Waals surface area contributed by atoms with Crippen molar-refractivity contribution in [1.29, 1.82) is 0 Å². The molecule has 6 nitrogen and oxygen atoms in total. The second kappa shape index (κ2) is 6.51. The summed E-state index contributed by atoms with van der Waals surface area (Å²) >= 11 is 0. The molecular weight excluding hydrogens is 292 g/mol. The third-order valence-corrected chi connectivity index (χ3v) is 5.38. The average Bonchev–Trinajstić information content (AvgIpc) is 2.82. The number of aromatic nitrogens is 1. The summed E-state index contributed by atoms with van der Waals surface area (Å²) in [5.74, 6) is 2.29. The molecule has 1 aliphatic rings. The van der Waals surface area contributed by atoms with Crippen molar-refractivity contribution in [2.45, 2.75) is 66.2 Å². The summed E-state index contributed by atoms with van der Waals surface area (Å²) in [5.41, 5.74) is 0.858. The summed E-state index contributed by atoms with van der Waals surface area (Å²) in [4.78, 5) is 8.97. The van der Waals surface area contributed by atoms with Gasteiger partial charge in [0.05, 0.1) is 11.3 Å². The Hall–Kier alpha value is -1.56. The molecule has 2 rings (SSSR count). The number of hydrogen-bond donors (Lipinski definition) is 2. The molecule has 130 valence electrons. The summed E-state index contributed by atoms with van der Waals surface area (Å²) in [7, 11) is 1.78. The smallest absolute Gasteiger partial charge is 0.216 e. The van der Waals surface area contributed by atoms with E-state index in [0.717, 1.165) is 30.4 Å². The molecule has 0 saturated heterocycles. The van der Waals surface area contributed by atoms with Crippen molar-refractivity contribution in [3.8, 4) is 0 Å². The van der Waals surface area contributed by atoms with Gasteiger partial charge < -0.3 is 19.8 Å². The maximum atomic E-state index is 5.68. The molecule has 6 heteroatoms. The zero-order valence-electron chi connectivity index (χ0n) is 15.4. The molecular formula is C17H30N4O2. The number of nitrogens with zero attached hydrogens (tertiary/aromatic N) is 2. The lowest BCUT2D eigenvalue weighted by Gasteiger charge is -2.59. The predicted molar refractivity (Wildman–Crippen MR) is 91.5 cm³/mol. The van der Waals surface area contributed by atoms with E-state index in [1.165, 1.54) is 0 Å². The third kappa shape index (κ3) is 3.37. The standard InChI is InChI=1S/C17H30N4O2/c1-8-18-15(19-10-14-20-11(2)12(3)23-14)21-13-9-17(6,22-7)16(13,4)5/h13H,8-10H2,1-7H3,(H2,18,19,21). The van der Waals surface area contributed by atoms with E-state index in [0.29, 0.717) is 18.5 Å². The van der Waals surface area contributed by atoms with Gasteiger partial charge in [-0.3, -0.25) is 0 Å². The van der Waals surface area contributed by atoms with E-state index in [-0.39, 0.29) is 11.0 Å². The van der Waals surface area contributed by atoms with E-state index in [1.807, 2.05) is 13.8 Å². The van der Waals surface area contributed by atoms with Crippen molar-refractivity contribution >= 4 is 5.96 Å². The van der Waals surface area contributed by atoms with E-state index in [4.69, 9.17) is 9.15 Å². The summed E-state index contributed by atoms with van der Waals surface area (Å²) in [6, 6.07) is 0.318. The normalized spacial score (nSPS) is 26.7. The van der Waals surface area contributed by atoms with Crippen molar-refractivity contribution in [3.05, 3.63) is 17.3 Å². The molecule has 1 heterocycles. The van der Waals surface area contributed by atoms with Crippen molar-refractivity contribution < 1.29 is 9.15 Å². The molecule has 2 unspecified atom stereocenters. The second-order valence-corrected chi connectivity index (χ2v) is 7.00. The van der Waals surface area contributed by atoms with Crippen LogP contribution in [0.3, 0.4) is 0 Å². The van der Waals surface area contributed by atoms with Crippen LogP contribution in [-0.4, -0.2) is 36.2 Å². The molecule has 0 amide bonds. The number of hydrogen-bond acceptors (Lipinski definition) is 4. The predicted octanol–water partition coefficient (Wildman–Crippen LogP) is 2.55. The maximum Gasteiger partial charge on any atom is 0.216 e. The first-order valence-electron chi connectivity index (χ1n) is 8.26. The van der Waals surface area contributed by atoms with Crippen LogP contribution in [0.2, 0.25) is 0 Å². The van der Waals surface area contributed by atoms with Gasteiger partial charge in [-0.25, -0.2) is 9.98 Å². The van der Waals surface area contributed by atoms with E-state index in [1.54, 1.807) is 7.11 Å². The lowest BCUT2D eigenvalue weighted by Crippen LogP contribution is -2.69. The van der Waals surface area contributed by atoms with Crippen LogP contribution in [0.25, 0.3) is 0 Å². The van der Waals surface area contributed by atoms with Gasteiger partial charge in [-0.1, -0.05) is 13.8 Å². The zero-order valence-corrected chi connectivity index (χ0v) is 15.4. The van der Waals surface area contributed by atoms with Gasteiger partial charge in [-0.2, -0.15) is 0 Å². The highest BCUT2D eigenvalue weighted by Gasteiger charge is 2.58. The fourth-order valence-corrected chi connectivity index (χ4v) is 2.96. The monoisotopic (exact) mass is 322 g/mol. The molecule has 0 bridgehead atoms. The van der Waals surface area contributed by atoms with Gasteiger partial charge in [0.25, 0.3) is 0 Å². The number of aryl methyl sites for hydroxylation is 2. The zero-order chi connectivity index (χ0) is 17.3. The molecule has 0 radical (unpaired) electrons. The fraction of sp³-hybridized carbons (Fsp3) is 0.765. The maximum absolute atomic E-state index is 5.68. The first kappa shape index (κ1) is 17.8. The fourth-order valence-electron chi connectivity index (χ4n) is 2.96. The Morgan fingerprint density at radius 2 is 2.09 bits per heavy atom. The quantitative estimate of drug-likeness (QED) is 0.644. The van der Waals surface area contributed by atoms with E-state index in [9.17, 15) is 0 Å². The Balaban J connectivity index is 2.03. The Morgan fingerprint density at radius 3 is 2.57 bits per heavy atom. The van der Waals surface area contributed by atoms with Crippen LogP contribution in [0.15, 0.2) is 9.41 Å². The van der Waals surface area contributed by atoms with Crippen LogP contribution in [0, 0.1) is 19.3 Å². The van der Waals surface area contributed by atoms with Gasteiger partial charge in [0, 0.05) is 25.1 Å². The third-order valence-electron chi connectivity index (χ3n) is 5.38. The minimum atomic E-state index is -0.0984. The van der Waals surface area contributed by atoms with Gasteiger partial charge in [0.2, 0.25) is 5.89 Å². The second-order valence-electron chi connectivity index (χ2n) is 7.00. The lowest BCUT2D eigenvalue weighted by molar-refractivity contribution is -0.176. The first-order valence-corrected chi connectivity index (χ1v) is 8.26. The van der Waals surface area contributed by atoms with E-state index in [2.05, 4.69) is 48.3 Å². The average molecular weight is 322 g/mol. The van der Waals surface area contributed by atoms with Gasteiger partial charge in [0.1, 0.15) is 12.3 Å². The highest BCUT2D eigenvalue weighted by molar-refractivity contribution is 5.80.